The molecule has 8 heteroatoms. The van der Waals surface area contributed by atoms with Crippen LogP contribution in [-0.4, -0.2) is 16.0 Å². The molecule has 0 aliphatic carbocycles. The summed E-state index contributed by atoms with van der Waals surface area (Å²) in [7, 11) is 0. The van der Waals surface area contributed by atoms with Crippen LogP contribution < -0.4 is 16.2 Å². The number of nitrogens with zero attached hydrogens (tertiary/aromatic N) is 1. The number of aromatic nitrogens is 1. The first-order chi connectivity index (χ1) is 10.0. The summed E-state index contributed by atoms with van der Waals surface area (Å²) in [4.78, 5) is 15.6. The molecule has 108 valence electrons. The Bertz CT molecular complexity index is 646. The number of anilines is 1. The van der Waals surface area contributed by atoms with Crippen LogP contribution in [0.25, 0.3) is 0 Å². The van der Waals surface area contributed by atoms with Crippen molar-refractivity contribution in [3.8, 4) is 0 Å². The summed E-state index contributed by atoms with van der Waals surface area (Å²) in [6.07, 6.45) is 3.03. The highest BCUT2D eigenvalue weighted by Gasteiger charge is 2.06. The molecule has 0 spiro atoms. The monoisotopic (exact) mass is 340 g/mol. The van der Waals surface area contributed by atoms with Crippen molar-refractivity contribution in [3.63, 3.8) is 0 Å². The van der Waals surface area contributed by atoms with E-state index < -0.39 is 0 Å². The average molecular weight is 341 g/mol. The molecule has 0 unspecified atom stereocenters. The molecule has 2 aromatic rings. The SMILES string of the molecule is O=C(NNC(=S)Nc1cc(Cl)cc(Cl)c1)c1cccnc1. The Kier molecular flexibility index (Phi) is 5.32. The molecule has 0 fully saturated rings. The van der Waals surface area contributed by atoms with Crippen LogP contribution in [0.4, 0.5) is 5.69 Å². The van der Waals surface area contributed by atoms with Gasteiger partial charge in [-0.25, -0.2) is 0 Å². The third-order valence-corrected chi connectivity index (χ3v) is 2.97. The smallest absolute Gasteiger partial charge is 0.271 e. The summed E-state index contributed by atoms with van der Waals surface area (Å²) >= 11 is 16.8. The molecule has 0 saturated carbocycles. The van der Waals surface area contributed by atoms with Crippen LogP contribution in [0, 0.1) is 0 Å². The Morgan fingerprint density at radius 3 is 2.48 bits per heavy atom. The largest absolute Gasteiger partial charge is 0.331 e. The van der Waals surface area contributed by atoms with Gasteiger partial charge in [0, 0.05) is 28.1 Å². The Labute approximate surface area is 136 Å². The number of hydrazine groups is 1. The number of rotatable bonds is 2. The molecule has 2 rings (SSSR count). The van der Waals surface area contributed by atoms with E-state index in [1.165, 1.54) is 6.20 Å². The maximum Gasteiger partial charge on any atom is 0.271 e. The molecule has 3 N–H and O–H groups in total. The first-order valence-electron chi connectivity index (χ1n) is 5.78. The van der Waals surface area contributed by atoms with Crippen LogP contribution in [0.3, 0.4) is 0 Å². The fraction of sp³-hybridized carbons (Fsp3) is 0. The lowest BCUT2D eigenvalue weighted by molar-refractivity contribution is 0.0944. The normalized spacial score (nSPS) is 9.81. The molecule has 1 aromatic heterocycles. The number of halogens is 2. The Hall–Kier alpha value is -1.89. The maximum atomic E-state index is 11.8. The van der Waals surface area contributed by atoms with E-state index in [9.17, 15) is 4.79 Å². The van der Waals surface area contributed by atoms with E-state index in [1.54, 1.807) is 36.5 Å². The minimum atomic E-state index is -0.351. The zero-order valence-electron chi connectivity index (χ0n) is 10.6. The van der Waals surface area contributed by atoms with Crippen molar-refractivity contribution >= 4 is 52.1 Å². The van der Waals surface area contributed by atoms with Crippen LogP contribution in [0.1, 0.15) is 10.4 Å². The molecular formula is C13H10Cl2N4OS. The molecule has 21 heavy (non-hydrogen) atoms. The minimum Gasteiger partial charge on any atom is -0.331 e. The van der Waals surface area contributed by atoms with Crippen molar-refractivity contribution in [2.24, 2.45) is 0 Å². The van der Waals surface area contributed by atoms with E-state index in [1.807, 2.05) is 0 Å². The molecule has 0 radical (unpaired) electrons. The number of carbonyl (C=O) groups is 1. The van der Waals surface area contributed by atoms with Gasteiger partial charge in [0.25, 0.3) is 5.91 Å². The van der Waals surface area contributed by atoms with Crippen molar-refractivity contribution < 1.29 is 4.79 Å². The number of hydrogen-bond donors (Lipinski definition) is 3. The highest BCUT2D eigenvalue weighted by atomic mass is 35.5. The van der Waals surface area contributed by atoms with Gasteiger partial charge >= 0.3 is 0 Å². The Morgan fingerprint density at radius 2 is 1.86 bits per heavy atom. The van der Waals surface area contributed by atoms with Gasteiger partial charge in [0.2, 0.25) is 0 Å². The summed E-state index contributed by atoms with van der Waals surface area (Å²) in [5.41, 5.74) is 6.05. The molecule has 1 aromatic carbocycles. The van der Waals surface area contributed by atoms with Crippen LogP contribution >= 0.6 is 35.4 Å². The van der Waals surface area contributed by atoms with Gasteiger partial charge in [-0.2, -0.15) is 0 Å². The second-order valence-corrected chi connectivity index (χ2v) is 5.21. The first kappa shape index (κ1) is 15.5. The number of carbonyl (C=O) groups excluding carboxylic acids is 1. The van der Waals surface area contributed by atoms with Crippen LogP contribution in [0.5, 0.6) is 0 Å². The van der Waals surface area contributed by atoms with Gasteiger partial charge in [0.05, 0.1) is 5.56 Å². The third kappa shape index (κ3) is 4.86. The van der Waals surface area contributed by atoms with Gasteiger partial charge in [0.15, 0.2) is 5.11 Å². The summed E-state index contributed by atoms with van der Waals surface area (Å²) in [6.45, 7) is 0. The molecule has 0 aliphatic rings. The lowest BCUT2D eigenvalue weighted by Gasteiger charge is -2.12. The highest BCUT2D eigenvalue weighted by Crippen LogP contribution is 2.22. The van der Waals surface area contributed by atoms with Gasteiger partial charge in [-0.1, -0.05) is 23.2 Å². The molecule has 1 heterocycles. The second kappa shape index (κ2) is 7.21. The van der Waals surface area contributed by atoms with Gasteiger partial charge in [-0.05, 0) is 42.5 Å². The Morgan fingerprint density at radius 1 is 1.14 bits per heavy atom. The van der Waals surface area contributed by atoms with Crippen molar-refractivity contribution in [1.29, 1.82) is 0 Å². The number of amides is 1. The number of nitrogens with one attached hydrogen (secondary N) is 3. The van der Waals surface area contributed by atoms with E-state index >= 15 is 0 Å². The summed E-state index contributed by atoms with van der Waals surface area (Å²) in [6, 6.07) is 8.22. The molecule has 0 saturated heterocycles. The van der Waals surface area contributed by atoms with E-state index in [2.05, 4.69) is 21.2 Å². The van der Waals surface area contributed by atoms with Crippen molar-refractivity contribution in [3.05, 3.63) is 58.3 Å². The van der Waals surface area contributed by atoms with Gasteiger partial charge in [0.1, 0.15) is 0 Å². The van der Waals surface area contributed by atoms with Crippen molar-refractivity contribution in [1.82, 2.24) is 15.8 Å². The standard InChI is InChI=1S/C13H10Cl2N4OS/c14-9-4-10(15)6-11(5-9)17-13(21)19-18-12(20)8-2-1-3-16-7-8/h1-7H,(H,18,20)(H2,17,19,21). The molecular weight excluding hydrogens is 331 g/mol. The first-order valence-corrected chi connectivity index (χ1v) is 6.94. The quantitative estimate of drug-likeness (QED) is 0.579. The summed E-state index contributed by atoms with van der Waals surface area (Å²) in [5.74, 6) is -0.351. The minimum absolute atomic E-state index is 0.200. The molecule has 0 bridgehead atoms. The van der Waals surface area contributed by atoms with Gasteiger partial charge in [-0.15, -0.1) is 0 Å². The third-order valence-electron chi connectivity index (χ3n) is 2.33. The van der Waals surface area contributed by atoms with E-state index in [0.717, 1.165) is 0 Å². The molecule has 0 aliphatic heterocycles. The average Bonchev–Trinajstić information content (AvgIpc) is 2.44. The van der Waals surface area contributed by atoms with Crippen LogP contribution in [0.2, 0.25) is 10.0 Å². The number of hydrogen-bond acceptors (Lipinski definition) is 3. The molecule has 1 amide bonds. The number of thiocarbonyl (C=S) groups is 1. The fourth-order valence-corrected chi connectivity index (χ4v) is 2.17. The number of pyridine rings is 1. The van der Waals surface area contributed by atoms with Crippen LogP contribution in [-0.2, 0) is 0 Å². The van der Waals surface area contributed by atoms with E-state index in [0.29, 0.717) is 21.3 Å². The molecule has 0 atom stereocenters. The van der Waals surface area contributed by atoms with Crippen molar-refractivity contribution in [2.45, 2.75) is 0 Å². The lowest BCUT2D eigenvalue weighted by atomic mass is 10.3. The lowest BCUT2D eigenvalue weighted by Crippen LogP contribution is -2.43. The zero-order chi connectivity index (χ0) is 15.2. The van der Waals surface area contributed by atoms with Crippen LogP contribution in [0.15, 0.2) is 42.7 Å². The zero-order valence-corrected chi connectivity index (χ0v) is 12.9. The van der Waals surface area contributed by atoms with Gasteiger partial charge in [-0.3, -0.25) is 20.6 Å². The van der Waals surface area contributed by atoms with E-state index in [4.69, 9.17) is 35.4 Å². The predicted molar refractivity (Wildman–Crippen MR) is 87.5 cm³/mol. The predicted octanol–water partition coefficient (Wildman–Crippen LogP) is 3.02. The summed E-state index contributed by atoms with van der Waals surface area (Å²) < 4.78 is 0. The number of benzene rings is 1. The van der Waals surface area contributed by atoms with Crippen molar-refractivity contribution in [2.75, 3.05) is 5.32 Å². The highest BCUT2D eigenvalue weighted by molar-refractivity contribution is 7.80. The molecule has 5 nitrogen and oxygen atoms in total. The second-order valence-electron chi connectivity index (χ2n) is 3.93. The Balaban J connectivity index is 1.89. The maximum absolute atomic E-state index is 11.8. The van der Waals surface area contributed by atoms with Gasteiger partial charge < -0.3 is 5.32 Å². The van der Waals surface area contributed by atoms with E-state index in [-0.39, 0.29) is 11.0 Å². The topological polar surface area (TPSA) is 66.1 Å². The summed E-state index contributed by atoms with van der Waals surface area (Å²) in [5, 5.41) is 4.01. The fourth-order valence-electron chi connectivity index (χ4n) is 1.47.